The van der Waals surface area contributed by atoms with Crippen molar-refractivity contribution in [2.45, 2.75) is 46.1 Å². The van der Waals surface area contributed by atoms with Gasteiger partial charge < -0.3 is 25.4 Å². The first-order valence-electron chi connectivity index (χ1n) is 11.1. The molecule has 0 spiro atoms. The topological polar surface area (TPSA) is 124 Å². The number of carbonyl (C=O) groups is 2. The van der Waals surface area contributed by atoms with Crippen LogP contribution in [0.25, 0.3) is 5.65 Å². The lowest BCUT2D eigenvalue weighted by Gasteiger charge is -2.24. The molecular weight excluding hydrogens is 460 g/mol. The van der Waals surface area contributed by atoms with Crippen molar-refractivity contribution in [2.75, 3.05) is 20.2 Å². The highest BCUT2D eigenvalue weighted by molar-refractivity contribution is 5.85. The molecule has 3 N–H and O–H groups in total. The molecule has 10 heteroatoms. The Morgan fingerprint density at radius 1 is 1.17 bits per heavy atom. The van der Waals surface area contributed by atoms with E-state index in [4.69, 9.17) is 21.6 Å². The highest BCUT2D eigenvalue weighted by Crippen LogP contribution is 2.18. The second-order valence-corrected chi connectivity index (χ2v) is 8.63. The van der Waals surface area contributed by atoms with Crippen LogP contribution in [0.15, 0.2) is 48.5 Å². The van der Waals surface area contributed by atoms with Crippen molar-refractivity contribution >= 4 is 17.6 Å². The van der Waals surface area contributed by atoms with E-state index in [2.05, 4.69) is 21.4 Å². The Balaban J connectivity index is 0.00000456. The molecule has 0 unspecified atom stereocenters. The Kier molecular flexibility index (Phi) is 9.96. The van der Waals surface area contributed by atoms with Gasteiger partial charge in [-0.1, -0.05) is 49.7 Å². The Morgan fingerprint density at radius 2 is 1.89 bits per heavy atom. The number of nitrogens with one attached hydrogen (secondary N) is 1. The summed E-state index contributed by atoms with van der Waals surface area (Å²) in [4.78, 5) is 26.2. The fraction of sp³-hybridized carbons (Fsp3) is 0.385. The molecule has 0 aliphatic carbocycles. The number of nitrogens with two attached hydrogens (primary N) is 1. The molecule has 0 fully saturated rings. The van der Waals surface area contributed by atoms with E-state index in [0.717, 1.165) is 5.56 Å². The summed E-state index contributed by atoms with van der Waals surface area (Å²) in [6.45, 7) is 3.78. The molecule has 0 aliphatic rings. The van der Waals surface area contributed by atoms with Crippen molar-refractivity contribution in [1.29, 1.82) is 0 Å². The zero-order valence-electron chi connectivity index (χ0n) is 20.1. The van der Waals surface area contributed by atoms with E-state index in [0.29, 0.717) is 23.8 Å². The minimum Gasteiger partial charge on any atom is -0.443 e. The molecule has 3 rings (SSSR count). The number of ether oxygens (including phenoxy) is 2. The second-order valence-electron chi connectivity index (χ2n) is 8.63. The summed E-state index contributed by atoms with van der Waals surface area (Å²) < 4.78 is 13.1. The van der Waals surface area contributed by atoms with Gasteiger partial charge in [0.2, 0.25) is 5.91 Å². The summed E-state index contributed by atoms with van der Waals surface area (Å²) in [6, 6.07) is 14.4. The van der Waals surface area contributed by atoms with Crippen LogP contribution >= 0.6 is 0 Å². The lowest BCUT2D eigenvalue weighted by molar-refractivity contribution is -0.126. The molecule has 0 aliphatic heterocycles. The van der Waals surface area contributed by atoms with Crippen LogP contribution in [0.5, 0.6) is 0 Å². The molecule has 0 bridgehead atoms. The van der Waals surface area contributed by atoms with Gasteiger partial charge in [-0.3, -0.25) is 9.20 Å². The Labute approximate surface area is 211 Å². The van der Waals surface area contributed by atoms with Crippen molar-refractivity contribution < 1.29 is 19.1 Å². The average molecular weight is 495 g/mol. The number of benzene rings is 1. The minimum atomic E-state index is -1.11. The van der Waals surface area contributed by atoms with Crippen LogP contribution in [0.4, 0.5) is 4.79 Å². The van der Waals surface area contributed by atoms with Gasteiger partial charge >= 0.3 is 6.09 Å². The van der Waals surface area contributed by atoms with Crippen LogP contribution in [-0.2, 0) is 27.5 Å². The number of pyridine rings is 1. The molecule has 3 aromatic rings. The quantitative estimate of drug-likeness (QED) is 0.415. The zero-order valence-corrected chi connectivity index (χ0v) is 20.1. The third-order valence-electron chi connectivity index (χ3n) is 5.12. The lowest BCUT2D eigenvalue weighted by Crippen LogP contribution is -2.51. The molecule has 1 aromatic carbocycles. The van der Waals surface area contributed by atoms with Crippen molar-refractivity contribution in [3.63, 3.8) is 0 Å². The standard InChI is InChI=1S/C25H30N6O4.CH4/c1-5-14-30(4)24(33)35-16-19-12-9-13-21-28-29-22(31(19)21)20(27-23(32)25(2,3)26)17-34-15-18-10-7-6-8-11-18;/h1,6-13,20H,14-17,26H2,2-4H3,(H,27,32);1H4/t20-;/m1./s1. The Bertz CT molecular complexity index is 1200. The molecule has 36 heavy (non-hydrogen) atoms. The van der Waals surface area contributed by atoms with Crippen LogP contribution in [-0.4, -0.2) is 57.2 Å². The highest BCUT2D eigenvalue weighted by atomic mass is 16.6. The van der Waals surface area contributed by atoms with E-state index in [-0.39, 0.29) is 33.1 Å². The van der Waals surface area contributed by atoms with E-state index < -0.39 is 17.7 Å². The summed E-state index contributed by atoms with van der Waals surface area (Å²) >= 11 is 0. The van der Waals surface area contributed by atoms with Crippen LogP contribution in [0.2, 0.25) is 0 Å². The van der Waals surface area contributed by atoms with Gasteiger partial charge in [-0.15, -0.1) is 16.6 Å². The van der Waals surface area contributed by atoms with Crippen LogP contribution in [0.1, 0.15) is 44.4 Å². The Morgan fingerprint density at radius 3 is 2.56 bits per heavy atom. The fourth-order valence-electron chi connectivity index (χ4n) is 3.21. The number of hydrogen-bond donors (Lipinski definition) is 2. The number of terminal acetylenes is 1. The maximum Gasteiger partial charge on any atom is 0.410 e. The van der Waals surface area contributed by atoms with E-state index >= 15 is 0 Å². The van der Waals surface area contributed by atoms with Gasteiger partial charge in [-0.05, 0) is 31.5 Å². The SMILES string of the molecule is C.C#CCN(C)C(=O)OCc1cccc2nnc([C@@H](COCc3ccccc3)NC(=O)C(C)(C)N)n12. The molecule has 2 amide bonds. The first kappa shape index (κ1) is 28.3. The monoisotopic (exact) mass is 494 g/mol. The van der Waals surface area contributed by atoms with Gasteiger partial charge in [0.25, 0.3) is 0 Å². The first-order valence-corrected chi connectivity index (χ1v) is 11.1. The molecule has 2 aromatic heterocycles. The number of hydrogen-bond acceptors (Lipinski definition) is 7. The molecule has 0 saturated heterocycles. The van der Waals surface area contributed by atoms with Crippen LogP contribution in [0, 0.1) is 12.3 Å². The molecule has 2 heterocycles. The van der Waals surface area contributed by atoms with E-state index in [1.807, 2.05) is 30.3 Å². The Hall–Kier alpha value is -3.94. The van der Waals surface area contributed by atoms with Crippen LogP contribution < -0.4 is 11.1 Å². The molecule has 192 valence electrons. The van der Waals surface area contributed by atoms with Crippen molar-refractivity contribution in [3.8, 4) is 12.3 Å². The maximum atomic E-state index is 12.7. The molecule has 0 radical (unpaired) electrons. The number of fused-ring (bicyclic) bond motifs is 1. The summed E-state index contributed by atoms with van der Waals surface area (Å²) in [7, 11) is 1.55. The van der Waals surface area contributed by atoms with E-state index in [1.165, 1.54) is 4.90 Å². The fourth-order valence-corrected chi connectivity index (χ4v) is 3.21. The second kappa shape index (κ2) is 12.7. The number of carbonyl (C=O) groups excluding carboxylic acids is 2. The maximum absolute atomic E-state index is 12.7. The van der Waals surface area contributed by atoms with Crippen molar-refractivity contribution in [2.24, 2.45) is 5.73 Å². The third-order valence-corrected chi connectivity index (χ3v) is 5.12. The molecular formula is C26H34N6O4. The van der Waals surface area contributed by atoms with Gasteiger partial charge in [-0.25, -0.2) is 4.79 Å². The number of nitrogens with zero attached hydrogens (tertiary/aromatic N) is 4. The summed E-state index contributed by atoms with van der Waals surface area (Å²) in [5.41, 5.74) is 7.02. The highest BCUT2D eigenvalue weighted by Gasteiger charge is 2.28. The predicted octanol–water partition coefficient (Wildman–Crippen LogP) is 2.68. The third kappa shape index (κ3) is 7.28. The van der Waals surface area contributed by atoms with Gasteiger partial charge in [0.1, 0.15) is 12.6 Å². The van der Waals surface area contributed by atoms with Crippen LogP contribution in [0.3, 0.4) is 0 Å². The largest absolute Gasteiger partial charge is 0.443 e. The smallest absolute Gasteiger partial charge is 0.410 e. The number of aromatic nitrogens is 3. The minimum absolute atomic E-state index is 0. The molecule has 1 atom stereocenters. The van der Waals surface area contributed by atoms with Gasteiger partial charge in [-0.2, -0.15) is 0 Å². The zero-order chi connectivity index (χ0) is 25.4. The predicted molar refractivity (Wildman–Crippen MR) is 137 cm³/mol. The van der Waals surface area contributed by atoms with Gasteiger partial charge in [0.05, 0.1) is 31.0 Å². The summed E-state index contributed by atoms with van der Waals surface area (Å²) in [5.74, 6) is 2.45. The normalized spacial score (nSPS) is 11.8. The van der Waals surface area contributed by atoms with E-state index in [1.54, 1.807) is 43.5 Å². The summed E-state index contributed by atoms with van der Waals surface area (Å²) in [5, 5.41) is 11.4. The first-order chi connectivity index (χ1) is 16.7. The van der Waals surface area contributed by atoms with Gasteiger partial charge in [0.15, 0.2) is 11.5 Å². The summed E-state index contributed by atoms with van der Waals surface area (Å²) in [6.07, 6.45) is 4.70. The van der Waals surface area contributed by atoms with Crippen molar-refractivity contribution in [1.82, 2.24) is 24.8 Å². The number of rotatable bonds is 10. The number of amides is 2. The molecule has 0 saturated carbocycles. The molecule has 10 nitrogen and oxygen atoms in total. The van der Waals surface area contributed by atoms with Crippen molar-refractivity contribution in [3.05, 3.63) is 65.6 Å². The lowest BCUT2D eigenvalue weighted by atomic mass is 10.1. The van der Waals surface area contributed by atoms with Gasteiger partial charge in [0, 0.05) is 7.05 Å². The average Bonchev–Trinajstić information content (AvgIpc) is 3.26. The van der Waals surface area contributed by atoms with E-state index in [9.17, 15) is 9.59 Å².